The molecule has 0 radical (unpaired) electrons. The lowest BCUT2D eigenvalue weighted by molar-refractivity contribution is -0.354. The van der Waals surface area contributed by atoms with Crippen LogP contribution in [0.4, 0.5) is 35.1 Å². The molecular formula is C15H15F8O9S-. The Balaban J connectivity index is 5.58. The minimum atomic E-state index is -6.79. The summed E-state index contributed by atoms with van der Waals surface area (Å²) in [4.78, 5) is 33.9. The van der Waals surface area contributed by atoms with Crippen molar-refractivity contribution in [2.45, 2.75) is 49.3 Å². The first-order valence-corrected chi connectivity index (χ1v) is 9.69. The van der Waals surface area contributed by atoms with Gasteiger partial charge in [-0.1, -0.05) is 6.58 Å². The first-order valence-electron chi connectivity index (χ1n) is 8.28. The number of Topliss-reactive ketones (excluding diaryl/α,β-unsaturated/α-hetero) is 1. The van der Waals surface area contributed by atoms with Gasteiger partial charge in [0.1, 0.15) is 6.61 Å². The molecule has 0 spiro atoms. The predicted molar refractivity (Wildman–Crippen MR) is 86.2 cm³/mol. The van der Waals surface area contributed by atoms with E-state index in [0.717, 1.165) is 6.92 Å². The van der Waals surface area contributed by atoms with E-state index in [0.29, 0.717) is 0 Å². The lowest BCUT2D eigenvalue weighted by Crippen LogP contribution is -2.58. The summed E-state index contributed by atoms with van der Waals surface area (Å²) in [5.41, 5.74) is 0. The van der Waals surface area contributed by atoms with E-state index in [-0.39, 0.29) is 0 Å². The molecule has 0 aromatic heterocycles. The molecule has 0 aromatic rings. The fourth-order valence-corrected chi connectivity index (χ4v) is 2.29. The molecule has 0 saturated heterocycles. The Morgan fingerprint density at radius 3 is 1.91 bits per heavy atom. The van der Waals surface area contributed by atoms with E-state index in [1.807, 2.05) is 0 Å². The highest BCUT2D eigenvalue weighted by molar-refractivity contribution is 7.86. The largest absolute Gasteiger partial charge is 0.743 e. The molecule has 33 heavy (non-hydrogen) atoms. The van der Waals surface area contributed by atoms with Crippen molar-refractivity contribution in [3.05, 3.63) is 12.4 Å². The average molecular weight is 523 g/mol. The standard InChI is InChI=1S/C15H16F8O9S/c1-8(24)7-30-11(26)13(14(19,20)21,32-10(25)9(2)16)31-6-4-3-5-12(17,18)15(22,23)33(27,28)29/h2-7H2,1H3,(H,27,28,29)/p-1. The molecule has 18 heteroatoms. The Morgan fingerprint density at radius 1 is 1.00 bits per heavy atom. The second kappa shape index (κ2) is 10.7. The lowest BCUT2D eigenvalue weighted by atomic mass is 10.1. The summed E-state index contributed by atoms with van der Waals surface area (Å²) in [6, 6.07) is 0. The Morgan fingerprint density at radius 2 is 1.52 bits per heavy atom. The van der Waals surface area contributed by atoms with Gasteiger partial charge in [0.15, 0.2) is 15.9 Å². The van der Waals surface area contributed by atoms with Crippen molar-refractivity contribution in [3.8, 4) is 0 Å². The molecule has 1 atom stereocenters. The van der Waals surface area contributed by atoms with E-state index in [2.05, 4.69) is 20.8 Å². The van der Waals surface area contributed by atoms with Crippen LogP contribution >= 0.6 is 0 Å². The normalized spacial score (nSPS) is 14.8. The zero-order chi connectivity index (χ0) is 26.5. The van der Waals surface area contributed by atoms with Crippen LogP contribution in [-0.2, 0) is 38.7 Å². The van der Waals surface area contributed by atoms with Crippen LogP contribution in [0.5, 0.6) is 0 Å². The van der Waals surface area contributed by atoms with Gasteiger partial charge >= 0.3 is 35.1 Å². The maximum absolute atomic E-state index is 13.5. The second-order valence-corrected chi connectivity index (χ2v) is 7.59. The quantitative estimate of drug-likeness (QED) is 0.0890. The topological polar surface area (TPSA) is 136 Å². The van der Waals surface area contributed by atoms with Crippen molar-refractivity contribution >= 4 is 27.8 Å². The Hall–Kier alpha value is -2.34. The Labute approximate surface area is 180 Å². The SMILES string of the molecule is C=C(F)C(=O)OC(OCCCCC(F)(F)C(F)(F)S(=O)(=O)[O-])(C(=O)OCC(C)=O)C(F)(F)F. The molecule has 0 aliphatic carbocycles. The first kappa shape index (κ1) is 30.7. The maximum Gasteiger partial charge on any atom is 0.468 e. The molecule has 0 aromatic carbocycles. The van der Waals surface area contributed by atoms with Gasteiger partial charge in [-0.2, -0.15) is 35.1 Å². The number of esters is 2. The summed E-state index contributed by atoms with van der Waals surface area (Å²) >= 11 is 0. The van der Waals surface area contributed by atoms with Crippen molar-refractivity contribution < 1.29 is 76.7 Å². The van der Waals surface area contributed by atoms with Crippen molar-refractivity contribution in [3.63, 3.8) is 0 Å². The van der Waals surface area contributed by atoms with E-state index >= 15 is 0 Å². The number of alkyl halides is 7. The minimum Gasteiger partial charge on any atom is -0.743 e. The van der Waals surface area contributed by atoms with Gasteiger partial charge in [-0.25, -0.2) is 18.0 Å². The third-order valence-corrected chi connectivity index (χ3v) is 4.36. The molecule has 192 valence electrons. The van der Waals surface area contributed by atoms with Gasteiger partial charge in [-0.05, 0) is 19.8 Å². The van der Waals surface area contributed by atoms with E-state index < -0.39 is 89.3 Å². The van der Waals surface area contributed by atoms with Crippen LogP contribution in [0.15, 0.2) is 12.4 Å². The molecule has 0 aliphatic heterocycles. The van der Waals surface area contributed by atoms with Gasteiger partial charge in [0.05, 0.1) is 6.61 Å². The van der Waals surface area contributed by atoms with Gasteiger partial charge in [0.2, 0.25) is 5.83 Å². The first-order chi connectivity index (χ1) is 14.6. The number of halogens is 8. The highest BCUT2D eigenvalue weighted by Gasteiger charge is 2.68. The van der Waals surface area contributed by atoms with Crippen LogP contribution in [-0.4, -0.2) is 67.0 Å². The molecule has 0 aliphatic rings. The smallest absolute Gasteiger partial charge is 0.468 e. The number of carbonyl (C=O) groups is 3. The summed E-state index contributed by atoms with van der Waals surface area (Å²) < 4.78 is 149. The fourth-order valence-electron chi connectivity index (χ4n) is 1.83. The number of ether oxygens (including phenoxy) is 3. The average Bonchev–Trinajstić information content (AvgIpc) is 2.62. The second-order valence-electron chi connectivity index (χ2n) is 6.17. The third kappa shape index (κ3) is 7.60. The minimum absolute atomic E-state index is 0.775. The van der Waals surface area contributed by atoms with Crippen molar-refractivity contribution in [1.29, 1.82) is 0 Å². The van der Waals surface area contributed by atoms with Crippen LogP contribution < -0.4 is 0 Å². The molecule has 0 saturated carbocycles. The van der Waals surface area contributed by atoms with E-state index in [4.69, 9.17) is 0 Å². The van der Waals surface area contributed by atoms with Gasteiger partial charge in [-0.3, -0.25) is 4.79 Å². The summed E-state index contributed by atoms with van der Waals surface area (Å²) in [6.45, 7) is 0.379. The van der Waals surface area contributed by atoms with Crippen LogP contribution in [0.25, 0.3) is 0 Å². The highest BCUT2D eigenvalue weighted by Crippen LogP contribution is 2.42. The summed E-state index contributed by atoms with van der Waals surface area (Å²) in [6.07, 6.45) is -10.3. The van der Waals surface area contributed by atoms with Crippen LogP contribution in [0, 0.1) is 0 Å². The van der Waals surface area contributed by atoms with Crippen LogP contribution in [0.1, 0.15) is 26.2 Å². The van der Waals surface area contributed by atoms with E-state index in [1.165, 1.54) is 0 Å². The molecule has 0 rings (SSSR count). The molecule has 0 amide bonds. The third-order valence-electron chi connectivity index (χ3n) is 3.44. The number of hydrogen-bond acceptors (Lipinski definition) is 9. The number of unbranched alkanes of at least 4 members (excludes halogenated alkanes) is 1. The van der Waals surface area contributed by atoms with Gasteiger partial charge in [-0.15, -0.1) is 0 Å². The van der Waals surface area contributed by atoms with E-state index in [9.17, 15) is 62.5 Å². The maximum atomic E-state index is 13.5. The Bertz CT molecular complexity index is 869. The Kier molecular flexibility index (Phi) is 9.96. The van der Waals surface area contributed by atoms with Gasteiger partial charge < -0.3 is 18.8 Å². The molecule has 1 unspecified atom stereocenters. The zero-order valence-electron chi connectivity index (χ0n) is 16.3. The monoisotopic (exact) mass is 523 g/mol. The summed E-state index contributed by atoms with van der Waals surface area (Å²) in [5.74, 6) is -18.3. The molecular weight excluding hydrogens is 508 g/mol. The molecule has 0 fully saturated rings. The molecule has 9 nitrogen and oxygen atoms in total. The summed E-state index contributed by atoms with van der Waals surface area (Å²) in [7, 11) is -6.79. The number of hydrogen-bond donors (Lipinski definition) is 0. The van der Waals surface area contributed by atoms with Crippen molar-refractivity contribution in [1.82, 2.24) is 0 Å². The zero-order valence-corrected chi connectivity index (χ0v) is 17.2. The lowest BCUT2D eigenvalue weighted by Gasteiger charge is -2.32. The molecule has 0 N–H and O–H groups in total. The van der Waals surface area contributed by atoms with Crippen LogP contribution in [0.3, 0.4) is 0 Å². The number of ketones is 1. The number of carbonyl (C=O) groups excluding carboxylic acids is 3. The molecule has 0 bridgehead atoms. The highest BCUT2D eigenvalue weighted by atomic mass is 32.2. The number of rotatable bonds is 13. The van der Waals surface area contributed by atoms with Crippen molar-refractivity contribution in [2.24, 2.45) is 0 Å². The molecule has 0 heterocycles. The van der Waals surface area contributed by atoms with Crippen molar-refractivity contribution in [2.75, 3.05) is 13.2 Å². The van der Waals surface area contributed by atoms with Gasteiger partial charge in [0.25, 0.3) is 0 Å². The van der Waals surface area contributed by atoms with Crippen LogP contribution in [0.2, 0.25) is 0 Å². The fraction of sp³-hybridized carbons (Fsp3) is 0.667. The summed E-state index contributed by atoms with van der Waals surface area (Å²) in [5, 5.41) is -6.04. The van der Waals surface area contributed by atoms with E-state index in [1.54, 1.807) is 0 Å². The van der Waals surface area contributed by atoms with Gasteiger partial charge in [0, 0.05) is 6.42 Å². The predicted octanol–water partition coefficient (Wildman–Crippen LogP) is 2.36.